The number of aryl methyl sites for hydroxylation is 1. The van der Waals surface area contributed by atoms with Crippen LogP contribution in [0.5, 0.6) is 5.75 Å². The Morgan fingerprint density at radius 1 is 1.08 bits per heavy atom. The molecule has 2 N–H and O–H groups in total. The van der Waals surface area contributed by atoms with Crippen molar-refractivity contribution in [2.45, 2.75) is 6.92 Å². The fraction of sp³-hybridized carbons (Fsp3) is 0.0526. The Morgan fingerprint density at radius 2 is 1.83 bits per heavy atom. The number of halogens is 1. The first-order valence-electron chi connectivity index (χ1n) is 7.36. The molecule has 2 aromatic rings. The molecule has 1 aliphatic rings. The molecule has 2 aromatic carbocycles. The number of carbonyl (C=O) groups excluding carboxylic acids is 1. The maximum Gasteiger partial charge on any atom is 0.180 e. The molecular formula is C19H15ClN2O2. The summed E-state index contributed by atoms with van der Waals surface area (Å²) in [6.45, 7) is 2.01. The predicted octanol–water partition coefficient (Wildman–Crippen LogP) is 4.56. The zero-order valence-electron chi connectivity index (χ0n) is 13.0. The summed E-state index contributed by atoms with van der Waals surface area (Å²) in [6.07, 6.45) is 4.59. The Bertz CT molecular complexity index is 881. The van der Waals surface area contributed by atoms with Crippen LogP contribution in [0, 0.1) is 6.92 Å². The summed E-state index contributed by atoms with van der Waals surface area (Å²) in [5.74, 6) is -0.0350. The van der Waals surface area contributed by atoms with Gasteiger partial charge in [-0.2, -0.15) is 0 Å². The van der Waals surface area contributed by atoms with Crippen LogP contribution < -0.4 is 5.32 Å². The van der Waals surface area contributed by atoms with Crippen LogP contribution in [0.1, 0.15) is 5.56 Å². The molecule has 24 heavy (non-hydrogen) atoms. The van der Waals surface area contributed by atoms with Crippen molar-refractivity contribution >= 4 is 34.5 Å². The molecule has 1 aliphatic carbocycles. The van der Waals surface area contributed by atoms with E-state index >= 15 is 0 Å². The van der Waals surface area contributed by atoms with Crippen LogP contribution in [0.2, 0.25) is 5.02 Å². The van der Waals surface area contributed by atoms with Gasteiger partial charge in [-0.1, -0.05) is 29.3 Å². The molecule has 0 unspecified atom stereocenters. The number of nitrogens with one attached hydrogen (secondary N) is 1. The highest BCUT2D eigenvalue weighted by Crippen LogP contribution is 2.29. The average molecular weight is 339 g/mol. The second-order valence-corrected chi connectivity index (χ2v) is 5.82. The molecule has 0 saturated carbocycles. The minimum Gasteiger partial charge on any atom is -0.508 e. The van der Waals surface area contributed by atoms with Crippen LogP contribution >= 0.6 is 11.6 Å². The lowest BCUT2D eigenvalue weighted by Crippen LogP contribution is -2.15. The van der Waals surface area contributed by atoms with E-state index in [1.54, 1.807) is 12.1 Å². The Kier molecular flexibility index (Phi) is 4.49. The number of phenolic OH excluding ortho intramolecular Hbond substituents is 1. The summed E-state index contributed by atoms with van der Waals surface area (Å²) in [5, 5.41) is 13.0. The summed E-state index contributed by atoms with van der Waals surface area (Å²) < 4.78 is 0. The highest BCUT2D eigenvalue weighted by atomic mass is 35.5. The molecule has 0 aliphatic heterocycles. The van der Waals surface area contributed by atoms with E-state index in [9.17, 15) is 9.90 Å². The molecule has 4 nitrogen and oxygen atoms in total. The van der Waals surface area contributed by atoms with Crippen molar-refractivity contribution in [3.63, 3.8) is 0 Å². The van der Waals surface area contributed by atoms with Gasteiger partial charge in [-0.05, 0) is 43.3 Å². The fourth-order valence-electron chi connectivity index (χ4n) is 2.22. The highest BCUT2D eigenvalue weighted by molar-refractivity contribution is 6.33. The van der Waals surface area contributed by atoms with Crippen molar-refractivity contribution in [2.75, 3.05) is 5.32 Å². The van der Waals surface area contributed by atoms with E-state index in [0.29, 0.717) is 22.1 Å². The summed E-state index contributed by atoms with van der Waals surface area (Å²) in [4.78, 5) is 16.2. The molecule has 120 valence electrons. The topological polar surface area (TPSA) is 61.7 Å². The van der Waals surface area contributed by atoms with Gasteiger partial charge in [0.1, 0.15) is 5.75 Å². The number of hydrogen-bond donors (Lipinski definition) is 2. The number of aromatic hydroxyl groups is 1. The average Bonchev–Trinajstić information content (AvgIpc) is 2.54. The minimum absolute atomic E-state index is 0.0758. The molecule has 0 fully saturated rings. The Morgan fingerprint density at radius 3 is 2.54 bits per heavy atom. The van der Waals surface area contributed by atoms with E-state index in [1.165, 1.54) is 24.3 Å². The lowest BCUT2D eigenvalue weighted by atomic mass is 10.1. The Labute approximate surface area is 144 Å². The van der Waals surface area contributed by atoms with Gasteiger partial charge in [0.2, 0.25) is 0 Å². The van der Waals surface area contributed by atoms with Crippen LogP contribution in [-0.2, 0) is 4.79 Å². The third-order valence-corrected chi connectivity index (χ3v) is 3.77. The van der Waals surface area contributed by atoms with Gasteiger partial charge < -0.3 is 10.4 Å². The van der Waals surface area contributed by atoms with Gasteiger partial charge in [-0.25, -0.2) is 4.99 Å². The number of allylic oxidation sites excluding steroid dienone is 3. The van der Waals surface area contributed by atoms with E-state index in [-0.39, 0.29) is 11.5 Å². The van der Waals surface area contributed by atoms with Gasteiger partial charge in [-0.3, -0.25) is 4.79 Å². The quantitative estimate of drug-likeness (QED) is 0.806. The van der Waals surface area contributed by atoms with Crippen LogP contribution in [0.3, 0.4) is 0 Å². The number of ketones is 1. The standard InChI is InChI=1S/C19H15ClN2O2/c1-12-2-4-13(5-3-12)21-19-11-15(24)7-9-18(19)22-17-8-6-14(23)10-16(17)20/h2-11,21,23H,1H3. The first-order chi connectivity index (χ1) is 11.5. The van der Waals surface area contributed by atoms with Gasteiger partial charge in [0.25, 0.3) is 0 Å². The van der Waals surface area contributed by atoms with E-state index in [2.05, 4.69) is 10.3 Å². The lowest BCUT2D eigenvalue weighted by Gasteiger charge is -2.14. The molecule has 5 heteroatoms. The third-order valence-electron chi connectivity index (χ3n) is 3.47. The fourth-order valence-corrected chi connectivity index (χ4v) is 2.44. The van der Waals surface area contributed by atoms with Gasteiger partial charge in [0.05, 0.1) is 22.1 Å². The minimum atomic E-state index is -0.111. The molecule has 0 heterocycles. The van der Waals surface area contributed by atoms with Crippen LogP contribution in [0.25, 0.3) is 0 Å². The zero-order valence-corrected chi connectivity index (χ0v) is 13.7. The van der Waals surface area contributed by atoms with Crippen LogP contribution in [0.4, 0.5) is 11.4 Å². The molecule has 0 atom stereocenters. The number of carbonyl (C=O) groups is 1. The number of nitrogens with zero attached hydrogens (tertiary/aromatic N) is 1. The second kappa shape index (κ2) is 6.72. The van der Waals surface area contributed by atoms with E-state index < -0.39 is 0 Å². The Balaban J connectivity index is 1.94. The number of anilines is 1. The molecule has 0 spiro atoms. The second-order valence-electron chi connectivity index (χ2n) is 5.42. The SMILES string of the molecule is Cc1ccc(NC2=CC(=O)C=CC2=Nc2ccc(O)cc2Cl)cc1. The van der Waals surface area contributed by atoms with Gasteiger partial charge in [-0.15, -0.1) is 0 Å². The van der Waals surface area contributed by atoms with Gasteiger partial charge in [0, 0.05) is 17.8 Å². The first kappa shape index (κ1) is 16.0. The van der Waals surface area contributed by atoms with Crippen molar-refractivity contribution in [3.8, 4) is 5.75 Å². The van der Waals surface area contributed by atoms with E-state index in [0.717, 1.165) is 11.3 Å². The number of hydrogen-bond acceptors (Lipinski definition) is 4. The molecule has 0 radical (unpaired) electrons. The van der Waals surface area contributed by atoms with Crippen LogP contribution in [-0.4, -0.2) is 16.6 Å². The number of phenols is 1. The van der Waals surface area contributed by atoms with Crippen molar-refractivity contribution < 1.29 is 9.90 Å². The van der Waals surface area contributed by atoms with Crippen molar-refractivity contribution in [1.29, 1.82) is 0 Å². The van der Waals surface area contributed by atoms with Crippen molar-refractivity contribution in [2.24, 2.45) is 4.99 Å². The normalized spacial score (nSPS) is 15.5. The first-order valence-corrected chi connectivity index (χ1v) is 7.74. The number of rotatable bonds is 3. The monoisotopic (exact) mass is 338 g/mol. The third kappa shape index (κ3) is 3.73. The molecule has 0 amide bonds. The summed E-state index contributed by atoms with van der Waals surface area (Å²) >= 11 is 6.10. The maximum absolute atomic E-state index is 11.7. The Hall–Kier alpha value is -2.85. The summed E-state index contributed by atoms with van der Waals surface area (Å²) in [5.41, 5.74) is 3.71. The molecule has 3 rings (SSSR count). The molecular weight excluding hydrogens is 324 g/mol. The van der Waals surface area contributed by atoms with E-state index in [4.69, 9.17) is 11.6 Å². The van der Waals surface area contributed by atoms with E-state index in [1.807, 2.05) is 31.2 Å². The highest BCUT2D eigenvalue weighted by Gasteiger charge is 2.13. The summed E-state index contributed by atoms with van der Waals surface area (Å²) in [6, 6.07) is 12.4. The van der Waals surface area contributed by atoms with Crippen LogP contribution in [0.15, 0.2) is 71.4 Å². The number of benzene rings is 2. The lowest BCUT2D eigenvalue weighted by molar-refractivity contribution is -0.110. The summed E-state index contributed by atoms with van der Waals surface area (Å²) in [7, 11) is 0. The molecule has 0 aromatic heterocycles. The smallest absolute Gasteiger partial charge is 0.180 e. The van der Waals surface area contributed by atoms with Gasteiger partial charge >= 0.3 is 0 Å². The molecule has 0 bridgehead atoms. The maximum atomic E-state index is 11.7. The number of aliphatic imine (C=N–C) groups is 1. The largest absolute Gasteiger partial charge is 0.508 e. The van der Waals surface area contributed by atoms with Gasteiger partial charge in [0.15, 0.2) is 5.78 Å². The van der Waals surface area contributed by atoms with Crippen molar-refractivity contribution in [1.82, 2.24) is 0 Å². The molecule has 0 saturated heterocycles. The van der Waals surface area contributed by atoms with Crippen molar-refractivity contribution in [3.05, 3.63) is 77.0 Å². The predicted molar refractivity (Wildman–Crippen MR) is 97.2 cm³/mol. The zero-order chi connectivity index (χ0) is 17.1.